The number of carbonyl (C=O) groups is 1. The van der Waals surface area contributed by atoms with Crippen molar-refractivity contribution in [2.24, 2.45) is 5.41 Å². The van der Waals surface area contributed by atoms with E-state index < -0.39 is 0 Å². The van der Waals surface area contributed by atoms with Crippen LogP contribution in [0.15, 0.2) is 18.2 Å². The normalized spacial score (nSPS) is 13.0. The molecule has 2 nitrogen and oxygen atoms in total. The van der Waals surface area contributed by atoms with Crippen LogP contribution < -0.4 is 4.90 Å². The van der Waals surface area contributed by atoms with E-state index in [9.17, 15) is 9.18 Å². The summed E-state index contributed by atoms with van der Waals surface area (Å²) in [5.41, 5.74) is 1.43. The third-order valence-electron chi connectivity index (χ3n) is 4.30. The van der Waals surface area contributed by atoms with E-state index >= 15 is 0 Å². The molecule has 0 heterocycles. The number of carbonyl (C=O) groups excluding carboxylic acids is 1. The first-order chi connectivity index (χ1) is 11.2. The first kappa shape index (κ1) is 20.7. The maximum absolute atomic E-state index is 13.9. The van der Waals surface area contributed by atoms with Crippen LogP contribution in [-0.4, -0.2) is 11.9 Å². The van der Waals surface area contributed by atoms with E-state index in [0.717, 1.165) is 18.5 Å². The molecule has 0 saturated carbocycles. The second-order valence-corrected chi connectivity index (χ2v) is 7.98. The highest BCUT2D eigenvalue weighted by atomic mass is 19.1. The van der Waals surface area contributed by atoms with Gasteiger partial charge in [0.05, 0.1) is 0 Å². The number of unbranched alkanes of at least 4 members (excludes halogenated alkanes) is 2. The van der Waals surface area contributed by atoms with Crippen LogP contribution in [0.2, 0.25) is 0 Å². The van der Waals surface area contributed by atoms with E-state index in [4.69, 9.17) is 0 Å². The van der Waals surface area contributed by atoms with Crippen molar-refractivity contribution < 1.29 is 9.18 Å². The molecule has 0 radical (unpaired) electrons. The third kappa shape index (κ3) is 6.26. The van der Waals surface area contributed by atoms with E-state index in [-0.39, 0.29) is 23.2 Å². The number of hydrogen-bond donors (Lipinski definition) is 0. The number of amides is 1. The van der Waals surface area contributed by atoms with Gasteiger partial charge in [0.1, 0.15) is 5.82 Å². The van der Waals surface area contributed by atoms with Crippen molar-refractivity contribution in [3.63, 3.8) is 0 Å². The molecule has 1 atom stereocenters. The van der Waals surface area contributed by atoms with Crippen molar-refractivity contribution in [2.75, 3.05) is 4.90 Å². The van der Waals surface area contributed by atoms with E-state index in [2.05, 4.69) is 34.6 Å². The lowest BCUT2D eigenvalue weighted by atomic mass is 9.91. The molecule has 1 rings (SSSR count). The summed E-state index contributed by atoms with van der Waals surface area (Å²) in [6.07, 6.45) is 5.55. The van der Waals surface area contributed by atoms with Gasteiger partial charge in [-0.1, -0.05) is 53.9 Å². The SMILES string of the molecule is CCCCCC(C)N(C(=O)CC(C)(C)C)c1ccc(F)c(CC)c1. The molecule has 0 saturated heterocycles. The van der Waals surface area contributed by atoms with Gasteiger partial charge in [0.25, 0.3) is 0 Å². The Labute approximate surface area is 147 Å². The third-order valence-corrected chi connectivity index (χ3v) is 4.30. The minimum absolute atomic E-state index is 0.0634. The number of nitrogens with zero attached hydrogens (tertiary/aromatic N) is 1. The van der Waals surface area contributed by atoms with Gasteiger partial charge < -0.3 is 4.90 Å². The van der Waals surface area contributed by atoms with E-state index in [0.29, 0.717) is 18.4 Å². The Morgan fingerprint density at radius 2 is 1.88 bits per heavy atom. The minimum Gasteiger partial charge on any atom is -0.310 e. The summed E-state index contributed by atoms with van der Waals surface area (Å²) in [5.74, 6) is -0.0664. The summed E-state index contributed by atoms with van der Waals surface area (Å²) in [5, 5.41) is 0. The van der Waals surface area contributed by atoms with Crippen molar-refractivity contribution in [3.05, 3.63) is 29.6 Å². The fourth-order valence-corrected chi connectivity index (χ4v) is 2.98. The molecule has 0 bridgehead atoms. The van der Waals surface area contributed by atoms with Crippen LogP contribution in [0.1, 0.15) is 79.2 Å². The Balaban J connectivity index is 3.10. The topological polar surface area (TPSA) is 20.3 Å². The van der Waals surface area contributed by atoms with Crippen LogP contribution in [0.4, 0.5) is 10.1 Å². The van der Waals surface area contributed by atoms with Crippen molar-refractivity contribution >= 4 is 11.6 Å². The smallest absolute Gasteiger partial charge is 0.227 e. The molecule has 136 valence electrons. The molecule has 1 unspecified atom stereocenters. The highest BCUT2D eigenvalue weighted by Crippen LogP contribution is 2.28. The number of halogens is 1. The Kier molecular flexibility index (Phi) is 7.92. The zero-order valence-corrected chi connectivity index (χ0v) is 16.3. The second-order valence-electron chi connectivity index (χ2n) is 7.98. The number of rotatable bonds is 8. The fourth-order valence-electron chi connectivity index (χ4n) is 2.98. The van der Waals surface area contributed by atoms with Crippen LogP contribution in [0.25, 0.3) is 0 Å². The van der Waals surface area contributed by atoms with Crippen molar-refractivity contribution in [1.82, 2.24) is 0 Å². The monoisotopic (exact) mass is 335 g/mol. The molecule has 0 aliphatic carbocycles. The molecule has 0 N–H and O–H groups in total. The van der Waals surface area contributed by atoms with Gasteiger partial charge in [-0.05, 0) is 48.9 Å². The van der Waals surface area contributed by atoms with Gasteiger partial charge >= 0.3 is 0 Å². The molecule has 1 aromatic carbocycles. The zero-order valence-electron chi connectivity index (χ0n) is 16.3. The van der Waals surface area contributed by atoms with Crippen molar-refractivity contribution in [3.8, 4) is 0 Å². The number of anilines is 1. The molecule has 0 spiro atoms. The van der Waals surface area contributed by atoms with Gasteiger partial charge in [-0.15, -0.1) is 0 Å². The zero-order chi connectivity index (χ0) is 18.3. The van der Waals surface area contributed by atoms with E-state index in [1.54, 1.807) is 6.07 Å². The summed E-state index contributed by atoms with van der Waals surface area (Å²) < 4.78 is 13.9. The van der Waals surface area contributed by atoms with Gasteiger partial charge in [-0.3, -0.25) is 4.79 Å². The highest BCUT2D eigenvalue weighted by Gasteiger charge is 2.26. The summed E-state index contributed by atoms with van der Waals surface area (Å²) in [6, 6.07) is 5.20. The van der Waals surface area contributed by atoms with Gasteiger partial charge in [0, 0.05) is 18.2 Å². The highest BCUT2D eigenvalue weighted by molar-refractivity contribution is 5.94. The predicted octanol–water partition coefficient (Wildman–Crippen LogP) is 6.13. The predicted molar refractivity (Wildman–Crippen MR) is 101 cm³/mol. The lowest BCUT2D eigenvalue weighted by molar-refractivity contribution is -0.120. The van der Waals surface area contributed by atoms with Gasteiger partial charge in [-0.2, -0.15) is 0 Å². The Bertz CT molecular complexity index is 533. The van der Waals surface area contributed by atoms with Gasteiger partial charge in [0.15, 0.2) is 0 Å². The van der Waals surface area contributed by atoms with Gasteiger partial charge in [-0.25, -0.2) is 4.39 Å². The quantitative estimate of drug-likeness (QED) is 0.524. The van der Waals surface area contributed by atoms with E-state index in [1.165, 1.54) is 18.9 Å². The lowest BCUT2D eigenvalue weighted by Crippen LogP contribution is -2.40. The maximum Gasteiger partial charge on any atom is 0.227 e. The average molecular weight is 336 g/mol. The summed E-state index contributed by atoms with van der Waals surface area (Å²) >= 11 is 0. The minimum atomic E-state index is -0.192. The molecule has 1 aromatic rings. The number of aryl methyl sites for hydroxylation is 1. The molecular formula is C21H34FNO. The molecule has 1 amide bonds. The molecule has 0 aliphatic heterocycles. The van der Waals surface area contributed by atoms with E-state index in [1.807, 2.05) is 17.9 Å². The molecule has 24 heavy (non-hydrogen) atoms. The van der Waals surface area contributed by atoms with Crippen molar-refractivity contribution in [2.45, 2.75) is 86.1 Å². The van der Waals surface area contributed by atoms with Crippen molar-refractivity contribution in [1.29, 1.82) is 0 Å². The molecule has 0 fully saturated rings. The standard InChI is InChI=1S/C21H34FNO/c1-7-9-10-11-16(3)23(20(24)15-21(4,5)6)18-12-13-19(22)17(8-2)14-18/h12-14,16H,7-11,15H2,1-6H3. The van der Waals surface area contributed by atoms with Crippen LogP contribution in [0.5, 0.6) is 0 Å². The van der Waals surface area contributed by atoms with Crippen LogP contribution in [0.3, 0.4) is 0 Å². The Morgan fingerprint density at radius 1 is 1.21 bits per heavy atom. The number of benzene rings is 1. The molecule has 0 aliphatic rings. The Hall–Kier alpha value is -1.38. The fraction of sp³-hybridized carbons (Fsp3) is 0.667. The van der Waals surface area contributed by atoms with Crippen LogP contribution in [0, 0.1) is 11.2 Å². The van der Waals surface area contributed by atoms with Crippen LogP contribution in [-0.2, 0) is 11.2 Å². The van der Waals surface area contributed by atoms with Crippen LogP contribution >= 0.6 is 0 Å². The summed E-state index contributed by atoms with van der Waals surface area (Å²) in [7, 11) is 0. The number of hydrogen-bond acceptors (Lipinski definition) is 1. The second kappa shape index (κ2) is 9.19. The molecule has 0 aromatic heterocycles. The first-order valence-electron chi connectivity index (χ1n) is 9.30. The summed E-state index contributed by atoms with van der Waals surface area (Å²) in [6.45, 7) is 12.5. The first-order valence-corrected chi connectivity index (χ1v) is 9.30. The largest absolute Gasteiger partial charge is 0.310 e. The summed E-state index contributed by atoms with van der Waals surface area (Å²) in [4.78, 5) is 14.8. The lowest BCUT2D eigenvalue weighted by Gasteiger charge is -2.32. The molecular weight excluding hydrogens is 301 g/mol. The molecule has 3 heteroatoms. The average Bonchev–Trinajstić information content (AvgIpc) is 2.47. The maximum atomic E-state index is 13.9. The Morgan fingerprint density at radius 3 is 2.42 bits per heavy atom. The van der Waals surface area contributed by atoms with Gasteiger partial charge in [0.2, 0.25) is 5.91 Å².